The van der Waals surface area contributed by atoms with Crippen molar-refractivity contribution < 1.29 is 13.2 Å². The number of nitrogens with one attached hydrogen (secondary N) is 1. The van der Waals surface area contributed by atoms with E-state index in [0.29, 0.717) is 24.0 Å². The number of sulfonamides is 1. The Labute approximate surface area is 135 Å². The molecule has 0 aromatic carbocycles. The van der Waals surface area contributed by atoms with Gasteiger partial charge >= 0.3 is 0 Å². The van der Waals surface area contributed by atoms with Gasteiger partial charge in [-0.05, 0) is 38.0 Å². The topological polar surface area (TPSA) is 79.4 Å². The average Bonchev–Trinajstić information content (AvgIpc) is 3.02. The van der Waals surface area contributed by atoms with Gasteiger partial charge in [-0.1, -0.05) is 6.92 Å². The summed E-state index contributed by atoms with van der Waals surface area (Å²) in [6.07, 6.45) is 5.55. The lowest BCUT2D eigenvalue weighted by Gasteiger charge is -2.20. The standard InChI is InChI=1S/C14H21N3O3S2/c1-9-5-6-10-12(8-9)21-14(15-10)16-13(18)11-4-3-7-17(11)22(2,19)20/h9,11H,3-8H2,1-2H3,(H,15,16,18). The fourth-order valence-electron chi connectivity index (χ4n) is 3.18. The Balaban J connectivity index is 1.72. The lowest BCUT2D eigenvalue weighted by molar-refractivity contribution is -0.119. The number of amides is 1. The summed E-state index contributed by atoms with van der Waals surface area (Å²) in [6, 6.07) is -0.602. The summed E-state index contributed by atoms with van der Waals surface area (Å²) in [5.74, 6) is 0.397. The molecule has 1 saturated heterocycles. The molecule has 22 heavy (non-hydrogen) atoms. The number of fused-ring (bicyclic) bond motifs is 1. The highest BCUT2D eigenvalue weighted by molar-refractivity contribution is 7.88. The normalized spacial score (nSPS) is 25.9. The van der Waals surface area contributed by atoms with Crippen molar-refractivity contribution in [2.45, 2.75) is 45.1 Å². The molecule has 1 aromatic rings. The molecule has 1 N–H and O–H groups in total. The van der Waals surface area contributed by atoms with E-state index in [2.05, 4.69) is 17.2 Å². The van der Waals surface area contributed by atoms with Crippen LogP contribution in [0.2, 0.25) is 0 Å². The Morgan fingerprint density at radius 2 is 2.18 bits per heavy atom. The maximum Gasteiger partial charge on any atom is 0.244 e. The van der Waals surface area contributed by atoms with Gasteiger partial charge in [0.2, 0.25) is 15.9 Å². The zero-order valence-electron chi connectivity index (χ0n) is 12.8. The van der Waals surface area contributed by atoms with E-state index in [4.69, 9.17) is 0 Å². The van der Waals surface area contributed by atoms with Crippen LogP contribution in [0.3, 0.4) is 0 Å². The fourth-order valence-corrected chi connectivity index (χ4v) is 5.48. The van der Waals surface area contributed by atoms with Crippen molar-refractivity contribution in [3.63, 3.8) is 0 Å². The Hall–Kier alpha value is -0.990. The molecule has 6 nitrogen and oxygen atoms in total. The highest BCUT2D eigenvalue weighted by atomic mass is 32.2. The van der Waals surface area contributed by atoms with Gasteiger partial charge in [0.25, 0.3) is 0 Å². The fraction of sp³-hybridized carbons (Fsp3) is 0.714. The predicted octanol–water partition coefficient (Wildman–Crippen LogP) is 1.63. The molecular formula is C14H21N3O3S2. The molecule has 1 aliphatic carbocycles. The quantitative estimate of drug-likeness (QED) is 0.905. The van der Waals surface area contributed by atoms with Gasteiger partial charge in [0.1, 0.15) is 6.04 Å². The van der Waals surface area contributed by atoms with E-state index in [0.717, 1.165) is 37.6 Å². The number of hydrogen-bond acceptors (Lipinski definition) is 5. The summed E-state index contributed by atoms with van der Waals surface area (Å²) >= 11 is 1.52. The number of thiazole rings is 1. The number of aromatic nitrogens is 1. The molecule has 1 aliphatic heterocycles. The number of carbonyl (C=O) groups is 1. The van der Waals surface area contributed by atoms with Crippen LogP contribution in [0.25, 0.3) is 0 Å². The van der Waals surface area contributed by atoms with E-state index in [-0.39, 0.29) is 5.91 Å². The Bertz CT molecular complexity index is 684. The van der Waals surface area contributed by atoms with Gasteiger partial charge in [0.15, 0.2) is 5.13 Å². The third-order valence-electron chi connectivity index (χ3n) is 4.35. The molecule has 1 amide bonds. The van der Waals surface area contributed by atoms with Crippen LogP contribution in [0.5, 0.6) is 0 Å². The molecule has 122 valence electrons. The Kier molecular flexibility index (Phi) is 4.26. The van der Waals surface area contributed by atoms with E-state index >= 15 is 0 Å². The van der Waals surface area contributed by atoms with E-state index in [9.17, 15) is 13.2 Å². The van der Waals surface area contributed by atoms with Crippen LogP contribution in [0, 0.1) is 5.92 Å². The van der Waals surface area contributed by atoms with Crippen LogP contribution in [0.1, 0.15) is 36.8 Å². The number of rotatable bonds is 3. The minimum atomic E-state index is -3.34. The number of hydrogen-bond donors (Lipinski definition) is 1. The number of anilines is 1. The number of aryl methyl sites for hydroxylation is 1. The summed E-state index contributed by atoms with van der Waals surface area (Å²) in [4.78, 5) is 18.2. The van der Waals surface area contributed by atoms with Crippen molar-refractivity contribution in [2.75, 3.05) is 18.1 Å². The van der Waals surface area contributed by atoms with E-state index < -0.39 is 16.1 Å². The zero-order valence-corrected chi connectivity index (χ0v) is 14.5. The van der Waals surface area contributed by atoms with Crippen LogP contribution < -0.4 is 5.32 Å². The SMILES string of the molecule is CC1CCc2nc(NC(=O)C3CCCN3S(C)(=O)=O)sc2C1. The van der Waals surface area contributed by atoms with E-state index in [1.54, 1.807) is 0 Å². The minimum absolute atomic E-state index is 0.262. The van der Waals surface area contributed by atoms with Crippen LogP contribution in [0.4, 0.5) is 5.13 Å². The van der Waals surface area contributed by atoms with Gasteiger partial charge in [-0.15, -0.1) is 11.3 Å². The van der Waals surface area contributed by atoms with Crippen molar-refractivity contribution in [1.82, 2.24) is 9.29 Å². The van der Waals surface area contributed by atoms with E-state index in [1.165, 1.54) is 20.5 Å². The molecule has 0 saturated carbocycles. The lowest BCUT2D eigenvalue weighted by atomic mass is 9.93. The summed E-state index contributed by atoms with van der Waals surface area (Å²) in [6.45, 7) is 2.65. The summed E-state index contributed by atoms with van der Waals surface area (Å²) in [5, 5.41) is 3.42. The van der Waals surface area contributed by atoms with Crippen LogP contribution in [-0.4, -0.2) is 42.5 Å². The number of carbonyl (C=O) groups excluding carboxylic acids is 1. The van der Waals surface area contributed by atoms with Crippen molar-refractivity contribution in [1.29, 1.82) is 0 Å². The van der Waals surface area contributed by atoms with Crippen molar-refractivity contribution in [3.05, 3.63) is 10.6 Å². The van der Waals surface area contributed by atoms with Gasteiger partial charge in [-0.25, -0.2) is 13.4 Å². The second-order valence-corrected chi connectivity index (χ2v) is 9.28. The van der Waals surface area contributed by atoms with Crippen molar-refractivity contribution >= 4 is 32.4 Å². The maximum atomic E-state index is 12.4. The average molecular weight is 343 g/mol. The minimum Gasteiger partial charge on any atom is -0.301 e. The number of nitrogens with zero attached hydrogens (tertiary/aromatic N) is 2. The first-order valence-electron chi connectivity index (χ1n) is 7.61. The second kappa shape index (κ2) is 5.90. The molecule has 1 fully saturated rings. The van der Waals surface area contributed by atoms with Crippen LogP contribution in [-0.2, 0) is 27.7 Å². The third-order valence-corrected chi connectivity index (χ3v) is 6.67. The highest BCUT2D eigenvalue weighted by Gasteiger charge is 2.36. The first-order chi connectivity index (χ1) is 10.3. The molecule has 2 unspecified atom stereocenters. The molecular weight excluding hydrogens is 322 g/mol. The monoisotopic (exact) mass is 343 g/mol. The molecule has 8 heteroatoms. The smallest absolute Gasteiger partial charge is 0.244 e. The highest BCUT2D eigenvalue weighted by Crippen LogP contribution is 2.32. The molecule has 2 heterocycles. The van der Waals surface area contributed by atoms with Crippen LogP contribution in [0.15, 0.2) is 0 Å². The molecule has 0 spiro atoms. The molecule has 2 atom stereocenters. The zero-order chi connectivity index (χ0) is 15.9. The Morgan fingerprint density at radius 1 is 1.41 bits per heavy atom. The van der Waals surface area contributed by atoms with Crippen LogP contribution >= 0.6 is 11.3 Å². The largest absolute Gasteiger partial charge is 0.301 e. The molecule has 3 rings (SSSR count). The van der Waals surface area contributed by atoms with Gasteiger partial charge in [0.05, 0.1) is 11.9 Å². The van der Waals surface area contributed by atoms with E-state index in [1.807, 2.05) is 0 Å². The molecule has 1 aromatic heterocycles. The third kappa shape index (κ3) is 3.18. The second-order valence-electron chi connectivity index (χ2n) is 6.26. The maximum absolute atomic E-state index is 12.4. The summed E-state index contributed by atoms with van der Waals surface area (Å²) in [5.41, 5.74) is 1.09. The lowest BCUT2D eigenvalue weighted by Crippen LogP contribution is -2.42. The molecule has 0 bridgehead atoms. The molecule has 0 radical (unpaired) electrons. The van der Waals surface area contributed by atoms with Gasteiger partial charge in [-0.2, -0.15) is 4.31 Å². The van der Waals surface area contributed by atoms with Crippen molar-refractivity contribution in [3.8, 4) is 0 Å². The van der Waals surface area contributed by atoms with Gasteiger partial charge in [-0.3, -0.25) is 4.79 Å². The molecule has 2 aliphatic rings. The van der Waals surface area contributed by atoms with Gasteiger partial charge in [0, 0.05) is 11.4 Å². The summed E-state index contributed by atoms with van der Waals surface area (Å²) < 4.78 is 24.7. The first kappa shape index (κ1) is 15.9. The first-order valence-corrected chi connectivity index (χ1v) is 10.3. The van der Waals surface area contributed by atoms with Crippen molar-refractivity contribution in [2.24, 2.45) is 5.92 Å². The predicted molar refractivity (Wildman–Crippen MR) is 86.5 cm³/mol. The summed E-state index contributed by atoms with van der Waals surface area (Å²) in [7, 11) is -3.34. The Morgan fingerprint density at radius 3 is 2.91 bits per heavy atom. The van der Waals surface area contributed by atoms with Gasteiger partial charge < -0.3 is 5.32 Å².